The largest absolute Gasteiger partial charge is 0.573 e. The van der Waals surface area contributed by atoms with Crippen LogP contribution in [0.2, 0.25) is 0 Å². The fourth-order valence-corrected chi connectivity index (χ4v) is 3.32. The van der Waals surface area contributed by atoms with Gasteiger partial charge in [-0.3, -0.25) is 4.79 Å². The van der Waals surface area contributed by atoms with Gasteiger partial charge in [-0.05, 0) is 30.9 Å². The lowest BCUT2D eigenvalue weighted by atomic mass is 9.98. The van der Waals surface area contributed by atoms with Crippen LogP contribution in [-0.4, -0.2) is 23.6 Å². The number of nitrogens with zero attached hydrogens (tertiary/aromatic N) is 1. The van der Waals surface area contributed by atoms with E-state index in [0.717, 1.165) is 38.5 Å². The molecule has 7 heteroatoms. The van der Waals surface area contributed by atoms with Crippen molar-refractivity contribution in [3.63, 3.8) is 0 Å². The number of anilines is 1. The fourth-order valence-electron chi connectivity index (χ4n) is 3.22. The number of hydrogen-bond acceptors (Lipinski definition) is 3. The molecule has 1 amide bonds. The number of amides is 1. The molecular formula is C22H34F3NO2S. The van der Waals surface area contributed by atoms with E-state index in [2.05, 4.69) is 31.2 Å². The van der Waals surface area contributed by atoms with E-state index in [-0.39, 0.29) is 28.9 Å². The van der Waals surface area contributed by atoms with E-state index >= 15 is 0 Å². The molecular weight excluding hydrogens is 399 g/mol. The minimum Gasteiger partial charge on any atom is -0.406 e. The summed E-state index contributed by atoms with van der Waals surface area (Å²) in [5.74, 6) is -0.339. The highest BCUT2D eigenvalue weighted by Gasteiger charge is 2.32. The Morgan fingerprint density at radius 2 is 1.72 bits per heavy atom. The third kappa shape index (κ3) is 9.32. The van der Waals surface area contributed by atoms with Crippen LogP contribution in [0, 0.1) is 5.92 Å². The first-order valence-corrected chi connectivity index (χ1v) is 11.0. The normalized spacial score (nSPS) is 14.0. The molecule has 0 saturated heterocycles. The molecule has 0 aliphatic heterocycles. The topological polar surface area (TPSA) is 29.5 Å². The standard InChI is InChI=1S/C22H34F3NO2S/c1-5-7-10-18(11-8-6-2)26(21(27)14-16(3)17(4)29)19-12-9-13-20(15-19)28-22(23,24)25/h9,12-13,15-18,29H,5-8,10-11,14H2,1-4H3. The molecule has 0 aromatic heterocycles. The number of thiol groups is 1. The average molecular weight is 434 g/mol. The lowest BCUT2D eigenvalue weighted by Crippen LogP contribution is -2.41. The second-order valence-corrected chi connectivity index (χ2v) is 8.48. The molecule has 1 aromatic rings. The van der Waals surface area contributed by atoms with Crippen molar-refractivity contribution >= 4 is 24.2 Å². The van der Waals surface area contributed by atoms with Crippen molar-refractivity contribution in [1.82, 2.24) is 0 Å². The second kappa shape index (κ2) is 12.4. The molecule has 2 unspecified atom stereocenters. The monoisotopic (exact) mass is 433 g/mol. The van der Waals surface area contributed by atoms with Crippen LogP contribution >= 0.6 is 12.6 Å². The van der Waals surface area contributed by atoms with E-state index in [4.69, 9.17) is 0 Å². The molecule has 0 heterocycles. The Bertz CT molecular complexity index is 614. The van der Waals surface area contributed by atoms with Gasteiger partial charge in [0, 0.05) is 29.5 Å². The fraction of sp³-hybridized carbons (Fsp3) is 0.682. The van der Waals surface area contributed by atoms with E-state index < -0.39 is 6.36 Å². The van der Waals surface area contributed by atoms with Crippen LogP contribution in [0.5, 0.6) is 5.75 Å². The van der Waals surface area contributed by atoms with Gasteiger partial charge in [-0.15, -0.1) is 13.2 Å². The number of ether oxygens (including phenoxy) is 1. The molecule has 0 aliphatic carbocycles. The van der Waals surface area contributed by atoms with Gasteiger partial charge in [0.15, 0.2) is 0 Å². The molecule has 0 radical (unpaired) electrons. The summed E-state index contributed by atoms with van der Waals surface area (Å²) in [6.07, 6.45) is 1.05. The van der Waals surface area contributed by atoms with Gasteiger partial charge in [-0.2, -0.15) is 12.6 Å². The molecule has 1 rings (SSSR count). The molecule has 0 N–H and O–H groups in total. The van der Waals surface area contributed by atoms with Crippen LogP contribution in [-0.2, 0) is 4.79 Å². The second-order valence-electron chi connectivity index (χ2n) is 7.67. The lowest BCUT2D eigenvalue weighted by Gasteiger charge is -2.34. The van der Waals surface area contributed by atoms with Crippen molar-refractivity contribution in [2.24, 2.45) is 5.92 Å². The van der Waals surface area contributed by atoms with Crippen molar-refractivity contribution in [2.75, 3.05) is 4.90 Å². The number of halogens is 3. The number of carbonyl (C=O) groups excluding carboxylic acids is 1. The van der Waals surface area contributed by atoms with Crippen molar-refractivity contribution in [2.45, 2.75) is 90.3 Å². The van der Waals surface area contributed by atoms with Gasteiger partial charge >= 0.3 is 6.36 Å². The highest BCUT2D eigenvalue weighted by atomic mass is 32.1. The Balaban J connectivity index is 3.26. The third-order valence-corrected chi connectivity index (χ3v) is 5.57. The Hall–Kier alpha value is -1.37. The highest BCUT2D eigenvalue weighted by Crippen LogP contribution is 2.31. The van der Waals surface area contributed by atoms with E-state index in [1.807, 2.05) is 13.8 Å². The van der Waals surface area contributed by atoms with Crippen molar-refractivity contribution in [3.8, 4) is 5.75 Å². The van der Waals surface area contributed by atoms with Crippen LogP contribution < -0.4 is 9.64 Å². The Morgan fingerprint density at radius 3 is 2.21 bits per heavy atom. The first kappa shape index (κ1) is 25.7. The summed E-state index contributed by atoms with van der Waals surface area (Å²) in [6, 6.07) is 5.70. The van der Waals surface area contributed by atoms with Gasteiger partial charge in [-0.25, -0.2) is 0 Å². The van der Waals surface area contributed by atoms with E-state index in [1.54, 1.807) is 11.0 Å². The van der Waals surface area contributed by atoms with Crippen LogP contribution in [0.4, 0.5) is 18.9 Å². The molecule has 0 saturated carbocycles. The minimum absolute atomic E-state index is 0.0467. The number of alkyl halides is 3. The highest BCUT2D eigenvalue weighted by molar-refractivity contribution is 7.80. The number of carbonyl (C=O) groups is 1. The molecule has 0 bridgehead atoms. The summed E-state index contributed by atoms with van der Waals surface area (Å²) in [6.45, 7) is 8.08. The SMILES string of the molecule is CCCCC(CCCC)N(C(=O)CC(C)C(C)S)c1cccc(OC(F)(F)F)c1. The van der Waals surface area contributed by atoms with Crippen molar-refractivity contribution < 1.29 is 22.7 Å². The summed E-state index contributed by atoms with van der Waals surface area (Å²) < 4.78 is 42.1. The van der Waals surface area contributed by atoms with Crippen molar-refractivity contribution in [1.29, 1.82) is 0 Å². The van der Waals surface area contributed by atoms with Gasteiger partial charge in [0.2, 0.25) is 5.91 Å². The van der Waals surface area contributed by atoms with E-state index in [1.165, 1.54) is 18.2 Å². The number of rotatable bonds is 12. The van der Waals surface area contributed by atoms with Gasteiger partial charge < -0.3 is 9.64 Å². The maximum atomic E-state index is 13.3. The Kier molecular flexibility index (Phi) is 10.9. The van der Waals surface area contributed by atoms with Gasteiger partial charge in [0.25, 0.3) is 0 Å². The van der Waals surface area contributed by atoms with Crippen LogP contribution in [0.15, 0.2) is 24.3 Å². The smallest absolute Gasteiger partial charge is 0.406 e. The number of benzene rings is 1. The zero-order valence-electron chi connectivity index (χ0n) is 17.8. The summed E-state index contributed by atoms with van der Waals surface area (Å²) in [4.78, 5) is 14.9. The lowest BCUT2D eigenvalue weighted by molar-refractivity contribution is -0.274. The number of unbranched alkanes of at least 4 members (excludes halogenated alkanes) is 2. The van der Waals surface area contributed by atoms with Gasteiger partial charge in [0.1, 0.15) is 5.75 Å². The molecule has 3 nitrogen and oxygen atoms in total. The van der Waals surface area contributed by atoms with Crippen LogP contribution in [0.1, 0.15) is 72.6 Å². The first-order chi connectivity index (χ1) is 13.6. The quantitative estimate of drug-likeness (QED) is 0.359. The summed E-state index contributed by atoms with van der Waals surface area (Å²) in [5, 5.41) is 0.0467. The maximum Gasteiger partial charge on any atom is 0.573 e. The Morgan fingerprint density at radius 1 is 1.14 bits per heavy atom. The van der Waals surface area contributed by atoms with E-state index in [9.17, 15) is 18.0 Å². The summed E-state index contributed by atoms with van der Waals surface area (Å²) in [5.41, 5.74) is 0.452. The summed E-state index contributed by atoms with van der Waals surface area (Å²) >= 11 is 4.44. The molecule has 0 fully saturated rings. The molecule has 0 spiro atoms. The van der Waals surface area contributed by atoms with Crippen LogP contribution in [0.3, 0.4) is 0 Å². The zero-order chi connectivity index (χ0) is 22.0. The Labute approximate surface area is 178 Å². The minimum atomic E-state index is -4.77. The molecule has 1 aromatic carbocycles. The van der Waals surface area contributed by atoms with Crippen LogP contribution in [0.25, 0.3) is 0 Å². The molecule has 166 valence electrons. The summed E-state index contributed by atoms with van der Waals surface area (Å²) in [7, 11) is 0. The molecule has 2 atom stereocenters. The predicted molar refractivity (Wildman–Crippen MR) is 116 cm³/mol. The predicted octanol–water partition coefficient (Wildman–Crippen LogP) is 7.01. The molecule has 0 aliphatic rings. The third-order valence-electron chi connectivity index (χ3n) is 5.07. The average Bonchev–Trinajstić information content (AvgIpc) is 2.62. The number of hydrogen-bond donors (Lipinski definition) is 1. The van der Waals surface area contributed by atoms with Gasteiger partial charge in [0.05, 0.1) is 0 Å². The first-order valence-electron chi connectivity index (χ1n) is 10.4. The maximum absolute atomic E-state index is 13.3. The van der Waals surface area contributed by atoms with Gasteiger partial charge in [-0.1, -0.05) is 59.4 Å². The van der Waals surface area contributed by atoms with E-state index in [0.29, 0.717) is 12.1 Å². The van der Waals surface area contributed by atoms with Crippen molar-refractivity contribution in [3.05, 3.63) is 24.3 Å². The zero-order valence-corrected chi connectivity index (χ0v) is 18.7. The molecule has 29 heavy (non-hydrogen) atoms.